The third-order valence-corrected chi connectivity index (χ3v) is 9.48. The van der Waals surface area contributed by atoms with Crippen molar-refractivity contribution in [2.24, 2.45) is 0 Å². The summed E-state index contributed by atoms with van der Waals surface area (Å²) in [5, 5.41) is 13.3. The Morgan fingerprint density at radius 2 is 0.957 bits per heavy atom. The maximum atomic E-state index is 12.5. The lowest BCUT2D eigenvalue weighted by Gasteiger charge is -2.22. The maximum absolute atomic E-state index is 12.5. The van der Waals surface area contributed by atoms with E-state index < -0.39 is 26.6 Å². The highest BCUT2D eigenvalue weighted by Gasteiger charge is 2.24. The Kier molecular flexibility index (Phi) is 33.6. The van der Waals surface area contributed by atoms with E-state index in [0.717, 1.165) is 38.5 Å². The molecule has 0 saturated heterocycles. The number of phosphoric ester groups is 1. The van der Waals surface area contributed by atoms with E-state index in [2.05, 4.69) is 23.7 Å². The Balaban J connectivity index is 3.84. The van der Waals surface area contributed by atoms with Crippen molar-refractivity contribution in [3.8, 4) is 0 Å². The van der Waals surface area contributed by atoms with E-state index in [-0.39, 0.29) is 5.91 Å². The molecule has 4 N–H and O–H groups in total. The molecule has 0 bridgehead atoms. The quantitative estimate of drug-likeness (QED) is 0.0299. The normalized spacial score (nSPS) is 13.4. The molecule has 8 heteroatoms. The van der Waals surface area contributed by atoms with Gasteiger partial charge in [0, 0.05) is 6.42 Å². The number of aliphatic hydroxyl groups is 1. The van der Waals surface area contributed by atoms with Crippen molar-refractivity contribution in [2.75, 3.05) is 6.61 Å². The van der Waals surface area contributed by atoms with Gasteiger partial charge in [0.15, 0.2) is 0 Å². The molecule has 0 aromatic heterocycles. The molecule has 2 atom stereocenters. The number of phosphoric acid groups is 1. The van der Waals surface area contributed by atoms with Crippen LogP contribution in [0, 0.1) is 0 Å². The second-order valence-corrected chi connectivity index (χ2v) is 14.8. The molecule has 1 amide bonds. The fraction of sp³-hybridized carbons (Fsp3) is 0.921. The third-order valence-electron chi connectivity index (χ3n) is 9.00. The topological polar surface area (TPSA) is 116 Å². The van der Waals surface area contributed by atoms with E-state index >= 15 is 0 Å². The van der Waals surface area contributed by atoms with Gasteiger partial charge in [-0.3, -0.25) is 9.32 Å². The van der Waals surface area contributed by atoms with Crippen molar-refractivity contribution in [3.63, 3.8) is 0 Å². The Hall–Kier alpha value is -0.720. The van der Waals surface area contributed by atoms with Crippen LogP contribution in [-0.4, -0.2) is 39.6 Å². The Labute approximate surface area is 284 Å². The predicted molar refractivity (Wildman–Crippen MR) is 195 cm³/mol. The molecule has 0 heterocycles. The van der Waals surface area contributed by atoms with Gasteiger partial charge in [-0.25, -0.2) is 4.57 Å². The summed E-state index contributed by atoms with van der Waals surface area (Å²) in [6, 6.07) is -0.902. The zero-order chi connectivity index (χ0) is 34.0. The second kappa shape index (κ2) is 34.2. The van der Waals surface area contributed by atoms with Crippen molar-refractivity contribution >= 4 is 13.7 Å². The number of carbonyl (C=O) groups excluding carboxylic acids is 1. The van der Waals surface area contributed by atoms with Crippen molar-refractivity contribution in [3.05, 3.63) is 12.2 Å². The summed E-state index contributed by atoms with van der Waals surface area (Å²) < 4.78 is 15.8. The first-order chi connectivity index (χ1) is 22.3. The summed E-state index contributed by atoms with van der Waals surface area (Å²) in [5.74, 6) is -0.225. The molecule has 0 aromatic carbocycles. The number of hydrogen-bond donors (Lipinski definition) is 4. The van der Waals surface area contributed by atoms with E-state index in [1.54, 1.807) is 6.08 Å². The van der Waals surface area contributed by atoms with Crippen LogP contribution in [0.1, 0.15) is 206 Å². The van der Waals surface area contributed by atoms with Gasteiger partial charge in [-0.2, -0.15) is 0 Å². The van der Waals surface area contributed by atoms with Gasteiger partial charge in [-0.1, -0.05) is 193 Å². The van der Waals surface area contributed by atoms with E-state index in [1.807, 2.05) is 6.08 Å². The van der Waals surface area contributed by atoms with Crippen LogP contribution in [0.4, 0.5) is 0 Å². The average Bonchev–Trinajstić information content (AvgIpc) is 3.02. The third kappa shape index (κ3) is 34.6. The van der Waals surface area contributed by atoms with Gasteiger partial charge in [0.25, 0.3) is 0 Å². The molecule has 0 saturated carbocycles. The van der Waals surface area contributed by atoms with Crippen LogP contribution in [0.25, 0.3) is 0 Å². The van der Waals surface area contributed by atoms with Gasteiger partial charge in [0.05, 0.1) is 18.8 Å². The van der Waals surface area contributed by atoms with E-state index in [4.69, 9.17) is 9.79 Å². The smallest absolute Gasteiger partial charge is 0.387 e. The highest BCUT2D eigenvalue weighted by atomic mass is 31.2. The van der Waals surface area contributed by atoms with Crippen LogP contribution in [0.5, 0.6) is 0 Å². The zero-order valence-electron chi connectivity index (χ0n) is 30.2. The minimum absolute atomic E-state index is 0.225. The summed E-state index contributed by atoms with van der Waals surface area (Å²) in [5.41, 5.74) is 0. The van der Waals surface area contributed by atoms with Gasteiger partial charge in [0.1, 0.15) is 0 Å². The molecule has 274 valence electrons. The summed E-state index contributed by atoms with van der Waals surface area (Å²) >= 11 is 0. The predicted octanol–water partition coefficient (Wildman–Crippen LogP) is 11.2. The van der Waals surface area contributed by atoms with Crippen LogP contribution in [0.3, 0.4) is 0 Å². The van der Waals surface area contributed by atoms with Crippen molar-refractivity contribution < 1.29 is 28.8 Å². The van der Waals surface area contributed by atoms with Crippen molar-refractivity contribution in [2.45, 2.75) is 219 Å². The second-order valence-electron chi connectivity index (χ2n) is 13.6. The molecule has 0 aromatic rings. The fourth-order valence-electron chi connectivity index (χ4n) is 5.99. The molecular weight excluding hydrogens is 597 g/mol. The van der Waals surface area contributed by atoms with Crippen molar-refractivity contribution in [1.82, 2.24) is 5.32 Å². The average molecular weight is 674 g/mol. The van der Waals surface area contributed by atoms with Gasteiger partial charge in [-0.15, -0.1) is 0 Å². The molecule has 46 heavy (non-hydrogen) atoms. The maximum Gasteiger partial charge on any atom is 0.469 e. The van der Waals surface area contributed by atoms with Crippen LogP contribution in [0.15, 0.2) is 12.2 Å². The summed E-state index contributed by atoms with van der Waals surface area (Å²) in [4.78, 5) is 30.7. The first-order valence-corrected chi connectivity index (χ1v) is 21.2. The van der Waals surface area contributed by atoms with Crippen LogP contribution >= 0.6 is 7.82 Å². The molecule has 0 aliphatic carbocycles. The van der Waals surface area contributed by atoms with Crippen LogP contribution in [-0.2, 0) is 13.9 Å². The summed E-state index contributed by atoms with van der Waals surface area (Å²) in [6.07, 6.45) is 39.6. The lowest BCUT2D eigenvalue weighted by molar-refractivity contribution is -0.123. The molecule has 0 aliphatic heterocycles. The lowest BCUT2D eigenvalue weighted by atomic mass is 10.0. The van der Waals surface area contributed by atoms with E-state index in [9.17, 15) is 14.5 Å². The van der Waals surface area contributed by atoms with Gasteiger partial charge >= 0.3 is 7.82 Å². The first kappa shape index (κ1) is 45.3. The molecule has 0 spiro atoms. The first-order valence-electron chi connectivity index (χ1n) is 19.6. The lowest BCUT2D eigenvalue weighted by Crippen LogP contribution is -2.45. The highest BCUT2D eigenvalue weighted by molar-refractivity contribution is 7.46. The summed E-state index contributed by atoms with van der Waals surface area (Å²) in [7, 11) is -4.70. The van der Waals surface area contributed by atoms with Crippen molar-refractivity contribution in [1.29, 1.82) is 0 Å². The SMILES string of the molecule is CCCCCCCCC/C=C/[C@@H](O)[C@H](COP(=O)(O)O)NC(=O)CCCCCCCCCCCCCCCCCCCCCCC. The number of allylic oxidation sites excluding steroid dienone is 1. The fourth-order valence-corrected chi connectivity index (χ4v) is 6.34. The van der Waals surface area contributed by atoms with Gasteiger partial charge < -0.3 is 20.2 Å². The number of amides is 1. The minimum atomic E-state index is -4.70. The molecule has 0 radical (unpaired) electrons. The number of nitrogens with one attached hydrogen (secondary N) is 1. The van der Waals surface area contributed by atoms with Gasteiger partial charge in [-0.05, 0) is 19.3 Å². The molecule has 0 fully saturated rings. The Bertz CT molecular complexity index is 728. The van der Waals surface area contributed by atoms with Crippen LogP contribution in [0.2, 0.25) is 0 Å². The Morgan fingerprint density at radius 1 is 0.609 bits per heavy atom. The number of unbranched alkanes of at least 4 members (excludes halogenated alkanes) is 27. The molecule has 0 rings (SSSR count). The number of carbonyl (C=O) groups is 1. The minimum Gasteiger partial charge on any atom is -0.387 e. The standard InChI is InChI=1S/C38H76NO6P/c1-3-5-7-9-11-13-14-15-16-17-18-19-20-21-22-23-24-26-28-30-32-34-38(41)39-36(35-45-46(42,43)44)37(40)33-31-29-27-25-12-10-8-6-4-2/h31,33,36-37,40H,3-30,32,34-35H2,1-2H3,(H,39,41)(H2,42,43,44)/b33-31+/t36-,37+/m0/s1. The molecule has 7 nitrogen and oxygen atoms in total. The number of rotatable bonds is 36. The molecular formula is C38H76NO6P. The number of aliphatic hydroxyl groups excluding tert-OH is 1. The number of hydrogen-bond acceptors (Lipinski definition) is 4. The molecule has 0 unspecified atom stereocenters. The highest BCUT2D eigenvalue weighted by Crippen LogP contribution is 2.35. The largest absolute Gasteiger partial charge is 0.469 e. The monoisotopic (exact) mass is 674 g/mol. The molecule has 0 aliphatic rings. The summed E-state index contributed by atoms with van der Waals surface area (Å²) in [6.45, 7) is 4.04. The van der Waals surface area contributed by atoms with E-state index in [1.165, 1.54) is 148 Å². The van der Waals surface area contributed by atoms with Gasteiger partial charge in [0.2, 0.25) is 5.91 Å². The Morgan fingerprint density at radius 3 is 1.33 bits per heavy atom. The zero-order valence-corrected chi connectivity index (χ0v) is 31.1. The van der Waals surface area contributed by atoms with Crippen LogP contribution < -0.4 is 5.32 Å². The van der Waals surface area contributed by atoms with E-state index in [0.29, 0.717) is 6.42 Å².